The number of carbonyl (C=O) groups is 1. The number of Topliss-reactive ketones (excluding diaryl/α,β-unsaturated/α-hetero) is 1. The summed E-state index contributed by atoms with van der Waals surface area (Å²) >= 11 is 6.35. The molecule has 1 heterocycles. The molecule has 0 radical (unpaired) electrons. The summed E-state index contributed by atoms with van der Waals surface area (Å²) < 4.78 is 27.6. The van der Waals surface area contributed by atoms with Gasteiger partial charge in [0, 0.05) is 47.8 Å². The fourth-order valence-electron chi connectivity index (χ4n) is 4.13. The van der Waals surface area contributed by atoms with Gasteiger partial charge in [0.1, 0.15) is 11.5 Å². The van der Waals surface area contributed by atoms with Crippen LogP contribution in [0.1, 0.15) is 48.6 Å². The molecule has 1 atom stereocenters. The van der Waals surface area contributed by atoms with E-state index >= 15 is 0 Å². The molecule has 0 aliphatic carbocycles. The Bertz CT molecular complexity index is 1360. The molecule has 0 saturated heterocycles. The number of ketones is 1. The first-order valence-corrected chi connectivity index (χ1v) is 12.5. The number of alkyl halides is 2. The molecule has 37 heavy (non-hydrogen) atoms. The summed E-state index contributed by atoms with van der Waals surface area (Å²) in [6, 6.07) is 21.2. The molecule has 190 valence electrons. The van der Waals surface area contributed by atoms with Crippen molar-refractivity contribution in [1.82, 2.24) is 9.97 Å². The minimum Gasteiger partial charge on any atom is -0.362 e. The van der Waals surface area contributed by atoms with Gasteiger partial charge in [-0.05, 0) is 29.7 Å². The first-order valence-electron chi connectivity index (χ1n) is 12.2. The average molecular weight is 520 g/mol. The van der Waals surface area contributed by atoms with Gasteiger partial charge in [0.25, 0.3) is 5.92 Å². The van der Waals surface area contributed by atoms with Gasteiger partial charge in [0.05, 0.1) is 6.04 Å². The lowest BCUT2D eigenvalue weighted by atomic mass is 9.99. The van der Waals surface area contributed by atoms with Crippen LogP contribution in [0.25, 0.3) is 11.3 Å². The highest BCUT2D eigenvalue weighted by atomic mass is 35.5. The van der Waals surface area contributed by atoms with Crippen LogP contribution in [-0.4, -0.2) is 15.8 Å². The van der Waals surface area contributed by atoms with Gasteiger partial charge in [-0.1, -0.05) is 85.3 Å². The first-order chi connectivity index (χ1) is 17.8. The lowest BCUT2D eigenvalue weighted by Gasteiger charge is -2.18. The Balaban J connectivity index is 1.42. The van der Waals surface area contributed by atoms with Crippen LogP contribution in [0, 0.1) is 0 Å². The maximum absolute atomic E-state index is 13.8. The molecule has 0 fully saturated rings. The fourth-order valence-corrected chi connectivity index (χ4v) is 4.43. The highest BCUT2D eigenvalue weighted by Gasteiger charge is 2.28. The Labute approximate surface area is 220 Å². The second-order valence-electron chi connectivity index (χ2n) is 8.99. The highest BCUT2D eigenvalue weighted by molar-refractivity contribution is 6.31. The van der Waals surface area contributed by atoms with E-state index in [1.807, 2.05) is 55.5 Å². The third kappa shape index (κ3) is 6.57. The molecule has 1 aromatic heterocycles. The van der Waals surface area contributed by atoms with Gasteiger partial charge in [0.2, 0.25) is 0 Å². The van der Waals surface area contributed by atoms with Crippen molar-refractivity contribution < 1.29 is 13.6 Å². The molecule has 4 rings (SSSR count). The van der Waals surface area contributed by atoms with E-state index in [9.17, 15) is 13.6 Å². The van der Waals surface area contributed by atoms with Gasteiger partial charge in [-0.25, -0.2) is 13.8 Å². The van der Waals surface area contributed by atoms with Gasteiger partial charge in [-0.2, -0.15) is 0 Å². The molecule has 0 aliphatic rings. The van der Waals surface area contributed by atoms with E-state index in [2.05, 4.69) is 15.3 Å². The molecular formula is C30H28ClF2N3O. The fraction of sp³-hybridized carbons (Fsp3) is 0.233. The van der Waals surface area contributed by atoms with Crippen LogP contribution in [-0.2, 0) is 23.6 Å². The number of hydrogen-bond donors (Lipinski definition) is 1. The zero-order valence-electron chi connectivity index (χ0n) is 20.7. The van der Waals surface area contributed by atoms with Crippen molar-refractivity contribution in [3.05, 3.63) is 112 Å². The number of hydrogen-bond acceptors (Lipinski definition) is 4. The molecule has 0 bridgehead atoms. The van der Waals surface area contributed by atoms with E-state index in [-0.39, 0.29) is 36.7 Å². The molecule has 3 aromatic carbocycles. The predicted molar refractivity (Wildman–Crippen MR) is 144 cm³/mol. The van der Waals surface area contributed by atoms with Crippen LogP contribution >= 0.6 is 11.6 Å². The van der Waals surface area contributed by atoms with Gasteiger partial charge in [-0.15, -0.1) is 0 Å². The molecule has 0 aliphatic heterocycles. The number of benzene rings is 3. The zero-order valence-corrected chi connectivity index (χ0v) is 21.5. The summed E-state index contributed by atoms with van der Waals surface area (Å²) in [4.78, 5) is 21.6. The Kier molecular flexibility index (Phi) is 8.29. The van der Waals surface area contributed by atoms with Crippen LogP contribution in [0.15, 0.2) is 85.2 Å². The summed E-state index contributed by atoms with van der Waals surface area (Å²) in [5.41, 5.74) is 4.09. The van der Waals surface area contributed by atoms with Gasteiger partial charge in [-0.3, -0.25) is 9.78 Å². The Morgan fingerprint density at radius 1 is 0.919 bits per heavy atom. The van der Waals surface area contributed by atoms with Crippen molar-refractivity contribution >= 4 is 23.2 Å². The zero-order chi connectivity index (χ0) is 26.4. The van der Waals surface area contributed by atoms with Crippen LogP contribution in [0.5, 0.6) is 0 Å². The Morgan fingerprint density at radius 2 is 1.51 bits per heavy atom. The summed E-state index contributed by atoms with van der Waals surface area (Å²) in [5.74, 6) is -2.20. The highest BCUT2D eigenvalue weighted by Crippen LogP contribution is 2.32. The predicted octanol–water partition coefficient (Wildman–Crippen LogP) is 7.83. The third-order valence-corrected chi connectivity index (χ3v) is 6.62. The lowest BCUT2D eigenvalue weighted by molar-refractivity contribution is -0.117. The second-order valence-corrected chi connectivity index (χ2v) is 9.39. The smallest absolute Gasteiger partial charge is 0.273 e. The van der Waals surface area contributed by atoms with Crippen molar-refractivity contribution in [2.24, 2.45) is 0 Å². The largest absolute Gasteiger partial charge is 0.362 e. The van der Waals surface area contributed by atoms with E-state index in [0.29, 0.717) is 16.5 Å². The number of anilines is 1. The minimum absolute atomic E-state index is 0.0122. The summed E-state index contributed by atoms with van der Waals surface area (Å²) in [6.07, 6.45) is 3.46. The molecule has 1 N–H and O–H groups in total. The van der Waals surface area contributed by atoms with E-state index < -0.39 is 5.92 Å². The number of carbonyl (C=O) groups excluding carboxylic acids is 1. The number of halogens is 3. The molecule has 7 heteroatoms. The summed E-state index contributed by atoms with van der Waals surface area (Å²) in [6.45, 7) is 3.46. The quantitative estimate of drug-likeness (QED) is 0.232. The average Bonchev–Trinajstić information content (AvgIpc) is 2.90. The van der Waals surface area contributed by atoms with Crippen LogP contribution < -0.4 is 5.32 Å². The molecule has 0 unspecified atom stereocenters. The van der Waals surface area contributed by atoms with Crippen molar-refractivity contribution in [3.8, 4) is 11.3 Å². The Morgan fingerprint density at radius 3 is 2.14 bits per heavy atom. The molecule has 4 aromatic rings. The molecule has 0 spiro atoms. The standard InChI is InChI=1S/C30H28ClF2N3O/c1-3-30(32,33)24-14-10-22(11-15-24)19-25(37)18-21-8-12-23(13-9-21)28-29(35-17-16-34-28)36-20(2)26-6-4-5-7-27(26)31/h4-17,20H,3,18-19H2,1-2H3,(H,35,36)/t20-/m0/s1. The minimum atomic E-state index is -2.85. The van der Waals surface area contributed by atoms with Crippen LogP contribution in [0.3, 0.4) is 0 Å². The molecule has 4 nitrogen and oxygen atoms in total. The van der Waals surface area contributed by atoms with Gasteiger partial charge in [0.15, 0.2) is 5.82 Å². The maximum Gasteiger partial charge on any atom is 0.273 e. The molecule has 0 saturated carbocycles. The van der Waals surface area contributed by atoms with E-state index in [0.717, 1.165) is 22.3 Å². The van der Waals surface area contributed by atoms with Gasteiger partial charge >= 0.3 is 0 Å². The SMILES string of the molecule is CCC(F)(F)c1ccc(CC(=O)Cc2ccc(-c3nccnc3N[C@@H](C)c3ccccc3Cl)cc2)cc1. The lowest BCUT2D eigenvalue weighted by Crippen LogP contribution is -2.12. The molecule has 0 amide bonds. The van der Waals surface area contributed by atoms with E-state index in [1.165, 1.54) is 19.1 Å². The number of nitrogens with zero attached hydrogens (tertiary/aromatic N) is 2. The van der Waals surface area contributed by atoms with Crippen molar-refractivity contribution in [2.45, 2.75) is 45.1 Å². The van der Waals surface area contributed by atoms with Crippen LogP contribution in [0.4, 0.5) is 14.6 Å². The van der Waals surface area contributed by atoms with Crippen molar-refractivity contribution in [3.63, 3.8) is 0 Å². The number of rotatable bonds is 10. The van der Waals surface area contributed by atoms with E-state index in [4.69, 9.17) is 11.6 Å². The van der Waals surface area contributed by atoms with Gasteiger partial charge < -0.3 is 5.32 Å². The normalized spacial score (nSPS) is 12.2. The number of aromatic nitrogens is 2. The summed E-state index contributed by atoms with van der Waals surface area (Å²) in [5, 5.41) is 4.08. The summed E-state index contributed by atoms with van der Waals surface area (Å²) in [7, 11) is 0. The Hall–Kier alpha value is -3.64. The molecular weight excluding hydrogens is 492 g/mol. The van der Waals surface area contributed by atoms with E-state index in [1.54, 1.807) is 24.5 Å². The van der Waals surface area contributed by atoms with Crippen molar-refractivity contribution in [2.75, 3.05) is 5.32 Å². The first kappa shape index (κ1) is 26.4. The second kappa shape index (κ2) is 11.6. The number of nitrogens with one attached hydrogen (secondary N) is 1. The van der Waals surface area contributed by atoms with Crippen LogP contribution in [0.2, 0.25) is 5.02 Å². The monoisotopic (exact) mass is 519 g/mol. The van der Waals surface area contributed by atoms with Crippen molar-refractivity contribution in [1.29, 1.82) is 0 Å². The third-order valence-electron chi connectivity index (χ3n) is 6.27. The maximum atomic E-state index is 13.8. The topological polar surface area (TPSA) is 54.9 Å².